The van der Waals surface area contributed by atoms with E-state index in [1.165, 1.54) is 7.11 Å². The fourth-order valence-corrected chi connectivity index (χ4v) is 1.95. The summed E-state index contributed by atoms with van der Waals surface area (Å²) in [7, 11) is 2.58. The molecule has 0 fully saturated rings. The van der Waals surface area contributed by atoms with Crippen LogP contribution in [0.3, 0.4) is 0 Å². The molecule has 6 nitrogen and oxygen atoms in total. The summed E-state index contributed by atoms with van der Waals surface area (Å²) in [5.74, 6) is -0.485. The molecule has 1 atom stereocenters. The first kappa shape index (κ1) is 14.8. The number of fused-ring (bicyclic) bond motifs is 1. The molecular weight excluding hydrogens is 276 g/mol. The van der Waals surface area contributed by atoms with Crippen molar-refractivity contribution in [2.24, 2.45) is 0 Å². The molecule has 0 saturated carbocycles. The Labute approximate surface area is 120 Å². The molecule has 2 aromatic rings. The number of aliphatic hydroxyl groups is 1. The van der Waals surface area contributed by atoms with Gasteiger partial charge in [-0.2, -0.15) is 0 Å². The molecule has 1 heterocycles. The summed E-state index contributed by atoms with van der Waals surface area (Å²) >= 11 is 0. The third kappa shape index (κ3) is 2.53. The lowest BCUT2D eigenvalue weighted by Crippen LogP contribution is -2.19. The van der Waals surface area contributed by atoms with E-state index in [0.717, 1.165) is 13.4 Å². The Balaban J connectivity index is 2.61. The molecule has 0 aliphatic heterocycles. The van der Waals surface area contributed by atoms with E-state index in [4.69, 9.17) is 9.15 Å². The van der Waals surface area contributed by atoms with E-state index in [9.17, 15) is 14.7 Å². The number of benzene rings is 1. The molecule has 2 rings (SSSR count). The van der Waals surface area contributed by atoms with Crippen molar-refractivity contribution in [1.82, 2.24) is 0 Å². The molecule has 0 aliphatic rings. The smallest absolute Gasteiger partial charge is 0.336 e. The van der Waals surface area contributed by atoms with Gasteiger partial charge in [-0.3, -0.25) is 4.79 Å². The van der Waals surface area contributed by atoms with Gasteiger partial charge in [0.05, 0.1) is 25.4 Å². The maximum Gasteiger partial charge on any atom is 0.336 e. The van der Waals surface area contributed by atoms with E-state index in [1.54, 1.807) is 18.2 Å². The van der Waals surface area contributed by atoms with Gasteiger partial charge < -0.3 is 19.0 Å². The van der Waals surface area contributed by atoms with Crippen LogP contribution in [0.2, 0.25) is 0 Å². The molecule has 21 heavy (non-hydrogen) atoms. The summed E-state index contributed by atoms with van der Waals surface area (Å²) in [4.78, 5) is 23.9. The van der Waals surface area contributed by atoms with Gasteiger partial charge in [0, 0.05) is 0 Å². The number of hydrogen-bond donors (Lipinski definition) is 1. The van der Waals surface area contributed by atoms with Crippen molar-refractivity contribution < 1.29 is 23.8 Å². The Morgan fingerprint density at radius 2 is 2.10 bits per heavy atom. The molecule has 1 N–H and O–H groups in total. The van der Waals surface area contributed by atoms with E-state index in [-0.39, 0.29) is 16.5 Å². The number of rotatable bonds is 4. The first-order valence-corrected chi connectivity index (χ1v) is 6.04. The Bertz CT molecular complexity index is 758. The van der Waals surface area contributed by atoms with Crippen molar-refractivity contribution in [3.63, 3.8) is 0 Å². The molecule has 0 radical (unpaired) electrons. The SMILES string of the molecule is C=C(C(=O)OC)C(O)c1coc2cccc(OC)c2c1=O. The molecule has 0 amide bonds. The number of aliphatic hydroxyl groups excluding tert-OH is 1. The topological polar surface area (TPSA) is 86.0 Å². The quantitative estimate of drug-likeness (QED) is 0.679. The first-order valence-electron chi connectivity index (χ1n) is 6.04. The molecular formula is C15H14O6. The minimum Gasteiger partial charge on any atom is -0.496 e. The van der Waals surface area contributed by atoms with Gasteiger partial charge in [0.1, 0.15) is 29.1 Å². The van der Waals surface area contributed by atoms with Crippen LogP contribution in [0.4, 0.5) is 0 Å². The second-order valence-electron chi connectivity index (χ2n) is 4.27. The lowest BCUT2D eigenvalue weighted by atomic mass is 10.0. The largest absolute Gasteiger partial charge is 0.496 e. The standard InChI is InChI=1S/C15H14O6/c1-8(15(18)20-3)13(16)9-7-21-11-6-4-5-10(19-2)12(11)14(9)17/h4-7,13,16H,1H2,2-3H3. The minimum atomic E-state index is -1.51. The zero-order chi connectivity index (χ0) is 15.6. The average Bonchev–Trinajstić information content (AvgIpc) is 2.52. The van der Waals surface area contributed by atoms with Crippen molar-refractivity contribution in [1.29, 1.82) is 0 Å². The number of carbonyl (C=O) groups excluding carboxylic acids is 1. The predicted molar refractivity (Wildman–Crippen MR) is 75.2 cm³/mol. The van der Waals surface area contributed by atoms with Crippen molar-refractivity contribution in [3.8, 4) is 5.75 Å². The Kier molecular flexibility index (Phi) is 4.09. The van der Waals surface area contributed by atoms with Crippen LogP contribution < -0.4 is 10.2 Å². The zero-order valence-electron chi connectivity index (χ0n) is 11.6. The number of hydrogen-bond acceptors (Lipinski definition) is 6. The van der Waals surface area contributed by atoms with E-state index in [2.05, 4.69) is 11.3 Å². The van der Waals surface area contributed by atoms with Crippen LogP contribution in [-0.2, 0) is 9.53 Å². The Morgan fingerprint density at radius 1 is 1.38 bits per heavy atom. The molecule has 0 bridgehead atoms. The van der Waals surface area contributed by atoms with Crippen molar-refractivity contribution in [2.45, 2.75) is 6.10 Å². The molecule has 1 aromatic heterocycles. The summed E-state index contributed by atoms with van der Waals surface area (Å²) in [6.07, 6.45) is -0.411. The van der Waals surface area contributed by atoms with Crippen LogP contribution in [0.25, 0.3) is 11.0 Å². The zero-order valence-corrected chi connectivity index (χ0v) is 11.6. The molecule has 6 heteroatoms. The lowest BCUT2D eigenvalue weighted by Gasteiger charge is -2.12. The number of methoxy groups -OCH3 is 2. The van der Waals surface area contributed by atoms with Gasteiger partial charge in [-0.15, -0.1) is 0 Å². The van der Waals surface area contributed by atoms with Gasteiger partial charge in [-0.1, -0.05) is 12.6 Å². The van der Waals surface area contributed by atoms with Crippen molar-refractivity contribution >= 4 is 16.9 Å². The highest BCUT2D eigenvalue weighted by Gasteiger charge is 2.24. The van der Waals surface area contributed by atoms with Crippen LogP contribution in [0.15, 0.2) is 45.8 Å². The molecule has 110 valence electrons. The first-order chi connectivity index (χ1) is 10.0. The number of carbonyl (C=O) groups is 1. The van der Waals surface area contributed by atoms with Gasteiger partial charge in [0.2, 0.25) is 5.43 Å². The number of ether oxygens (including phenoxy) is 2. The van der Waals surface area contributed by atoms with Crippen LogP contribution in [0, 0.1) is 0 Å². The minimum absolute atomic E-state index is 0.109. The van der Waals surface area contributed by atoms with Crippen LogP contribution in [0.1, 0.15) is 11.7 Å². The highest BCUT2D eigenvalue weighted by Crippen LogP contribution is 2.26. The van der Waals surface area contributed by atoms with Crippen LogP contribution >= 0.6 is 0 Å². The maximum absolute atomic E-state index is 12.5. The molecule has 0 spiro atoms. The van der Waals surface area contributed by atoms with Gasteiger partial charge >= 0.3 is 5.97 Å². The Hall–Kier alpha value is -2.60. The highest BCUT2D eigenvalue weighted by atomic mass is 16.5. The van der Waals surface area contributed by atoms with E-state index in [0.29, 0.717) is 11.3 Å². The monoisotopic (exact) mass is 290 g/mol. The molecule has 1 aromatic carbocycles. The molecule has 0 saturated heterocycles. The third-order valence-corrected chi connectivity index (χ3v) is 3.08. The van der Waals surface area contributed by atoms with Gasteiger partial charge in [-0.25, -0.2) is 4.79 Å². The maximum atomic E-state index is 12.5. The normalized spacial score (nSPS) is 12.0. The van der Waals surface area contributed by atoms with Crippen molar-refractivity contribution in [3.05, 3.63) is 52.4 Å². The van der Waals surface area contributed by atoms with E-state index >= 15 is 0 Å². The second kappa shape index (κ2) is 5.80. The predicted octanol–water partition coefficient (Wildman–Crippen LogP) is 1.56. The fourth-order valence-electron chi connectivity index (χ4n) is 1.95. The van der Waals surface area contributed by atoms with Crippen molar-refractivity contribution in [2.75, 3.05) is 14.2 Å². The lowest BCUT2D eigenvalue weighted by molar-refractivity contribution is -0.137. The van der Waals surface area contributed by atoms with Crippen LogP contribution in [0.5, 0.6) is 5.75 Å². The van der Waals surface area contributed by atoms with E-state index in [1.807, 2.05) is 0 Å². The molecule has 1 unspecified atom stereocenters. The summed E-state index contributed by atoms with van der Waals surface area (Å²) in [6.45, 7) is 3.43. The second-order valence-corrected chi connectivity index (χ2v) is 4.27. The van der Waals surface area contributed by atoms with Crippen LogP contribution in [-0.4, -0.2) is 25.3 Å². The average molecular weight is 290 g/mol. The Morgan fingerprint density at radius 3 is 2.71 bits per heavy atom. The highest BCUT2D eigenvalue weighted by molar-refractivity contribution is 5.89. The third-order valence-electron chi connectivity index (χ3n) is 3.08. The van der Waals surface area contributed by atoms with Gasteiger partial charge in [-0.05, 0) is 12.1 Å². The summed E-state index contributed by atoms with van der Waals surface area (Å²) < 4.78 is 14.9. The van der Waals surface area contributed by atoms with Gasteiger partial charge in [0.25, 0.3) is 0 Å². The fraction of sp³-hybridized carbons (Fsp3) is 0.200. The summed E-state index contributed by atoms with van der Waals surface area (Å²) in [5, 5.41) is 10.3. The summed E-state index contributed by atoms with van der Waals surface area (Å²) in [6, 6.07) is 4.88. The van der Waals surface area contributed by atoms with Gasteiger partial charge in [0.15, 0.2) is 0 Å². The van der Waals surface area contributed by atoms with E-state index < -0.39 is 17.5 Å². The number of esters is 1. The summed E-state index contributed by atoms with van der Waals surface area (Å²) in [5.41, 5.74) is -0.535. The molecule has 0 aliphatic carbocycles.